The third-order valence-electron chi connectivity index (χ3n) is 6.89. The summed E-state index contributed by atoms with van der Waals surface area (Å²) >= 11 is 0. The van der Waals surface area contributed by atoms with Crippen molar-refractivity contribution in [1.82, 2.24) is 0 Å². The van der Waals surface area contributed by atoms with Gasteiger partial charge >= 0.3 is 0 Å². The number of aliphatic hydroxyl groups excluding tert-OH is 6. The Kier molecular flexibility index (Phi) is 7.71. The van der Waals surface area contributed by atoms with Gasteiger partial charge in [-0.25, -0.2) is 0 Å². The van der Waals surface area contributed by atoms with Crippen molar-refractivity contribution < 1.29 is 69.3 Å². The van der Waals surface area contributed by atoms with Crippen LogP contribution in [-0.2, 0) is 9.47 Å². The molecule has 1 aromatic heterocycles. The lowest BCUT2D eigenvalue weighted by molar-refractivity contribution is -0.268. The Morgan fingerprint density at radius 1 is 0.780 bits per heavy atom. The molecule has 3 aromatic rings. The van der Waals surface area contributed by atoms with E-state index in [1.54, 1.807) is 0 Å². The second-order valence-corrected chi connectivity index (χ2v) is 9.78. The highest BCUT2D eigenvalue weighted by atomic mass is 16.7. The number of hydrogen-bond acceptors (Lipinski definition) is 15. The van der Waals surface area contributed by atoms with Gasteiger partial charge in [0.15, 0.2) is 17.3 Å². The van der Waals surface area contributed by atoms with E-state index >= 15 is 0 Å². The van der Waals surface area contributed by atoms with Gasteiger partial charge in [-0.2, -0.15) is 0 Å². The molecule has 41 heavy (non-hydrogen) atoms. The first kappa shape index (κ1) is 28.8. The number of fused-ring (bicyclic) bond motifs is 1. The van der Waals surface area contributed by atoms with Crippen LogP contribution in [-0.4, -0.2) is 108 Å². The van der Waals surface area contributed by atoms with Crippen LogP contribution in [0.15, 0.2) is 39.5 Å². The minimum absolute atomic E-state index is 0.00203. The van der Waals surface area contributed by atoms with Gasteiger partial charge in [0, 0.05) is 17.7 Å². The molecular weight excluding hydrogens is 552 g/mol. The Balaban J connectivity index is 1.61. The third-order valence-corrected chi connectivity index (χ3v) is 6.89. The Hall–Kier alpha value is -3.67. The predicted molar refractivity (Wildman–Crippen MR) is 134 cm³/mol. The number of aliphatic hydroxyl groups is 6. The number of phenols is 3. The molecule has 15 heteroatoms. The SMILES string of the molecule is C[C@@H]1O[C@H](Oc2c(-c3ccc(O)c(O)c3)oc3cc(O[C@H]4OC[C@@H](O)[C@@H](O)[C@@H]4O)cc(O)c3c2=O)[C@H](O)[C@H](O)[C@H]1O. The van der Waals surface area contributed by atoms with Gasteiger partial charge in [0.25, 0.3) is 0 Å². The van der Waals surface area contributed by atoms with E-state index in [2.05, 4.69) is 0 Å². The molecule has 9 N–H and O–H groups in total. The fourth-order valence-corrected chi connectivity index (χ4v) is 4.53. The van der Waals surface area contributed by atoms with Crippen LogP contribution >= 0.6 is 0 Å². The van der Waals surface area contributed by atoms with E-state index in [0.29, 0.717) is 0 Å². The predicted octanol–water partition coefficient (Wildman–Crippen LogP) is -1.40. The van der Waals surface area contributed by atoms with Gasteiger partial charge in [-0.1, -0.05) is 0 Å². The molecule has 2 aliphatic rings. The molecule has 2 fully saturated rings. The summed E-state index contributed by atoms with van der Waals surface area (Å²) < 4.78 is 27.7. The summed E-state index contributed by atoms with van der Waals surface area (Å²) in [6.07, 6.45) is -13.7. The summed E-state index contributed by atoms with van der Waals surface area (Å²) in [6, 6.07) is 5.57. The smallest absolute Gasteiger partial charge is 0.239 e. The van der Waals surface area contributed by atoms with Crippen LogP contribution in [0, 0.1) is 0 Å². The van der Waals surface area contributed by atoms with Gasteiger partial charge in [0.2, 0.25) is 23.8 Å². The molecular formula is C26H28O15. The number of aromatic hydroxyl groups is 3. The topological polar surface area (TPSA) is 249 Å². The van der Waals surface area contributed by atoms with Crippen LogP contribution in [0.5, 0.6) is 28.7 Å². The normalized spacial score (nSPS) is 32.1. The van der Waals surface area contributed by atoms with Gasteiger partial charge in [0.1, 0.15) is 59.1 Å². The van der Waals surface area contributed by atoms with Crippen molar-refractivity contribution in [3.8, 4) is 40.1 Å². The van der Waals surface area contributed by atoms with Crippen LogP contribution in [0.2, 0.25) is 0 Å². The second-order valence-electron chi connectivity index (χ2n) is 9.78. The Bertz CT molecular complexity index is 1490. The largest absolute Gasteiger partial charge is 0.507 e. The maximum atomic E-state index is 13.7. The summed E-state index contributed by atoms with van der Waals surface area (Å²) in [6.45, 7) is 1.05. The van der Waals surface area contributed by atoms with E-state index in [1.807, 2.05) is 0 Å². The molecule has 0 spiro atoms. The summed E-state index contributed by atoms with van der Waals surface area (Å²) in [4.78, 5) is 13.7. The van der Waals surface area contributed by atoms with Crippen molar-refractivity contribution >= 4 is 11.0 Å². The van der Waals surface area contributed by atoms with Gasteiger partial charge in [-0.3, -0.25) is 4.79 Å². The Morgan fingerprint density at radius 2 is 1.49 bits per heavy atom. The van der Waals surface area contributed by atoms with Crippen molar-refractivity contribution in [3.63, 3.8) is 0 Å². The first-order chi connectivity index (χ1) is 19.4. The van der Waals surface area contributed by atoms with Crippen molar-refractivity contribution in [2.24, 2.45) is 0 Å². The zero-order valence-corrected chi connectivity index (χ0v) is 21.3. The van der Waals surface area contributed by atoms with E-state index < -0.39 is 89.1 Å². The van der Waals surface area contributed by atoms with Crippen molar-refractivity contribution in [3.05, 3.63) is 40.6 Å². The first-order valence-electron chi connectivity index (χ1n) is 12.4. The minimum Gasteiger partial charge on any atom is -0.507 e. The van der Waals surface area contributed by atoms with E-state index in [-0.39, 0.29) is 29.3 Å². The van der Waals surface area contributed by atoms with Crippen molar-refractivity contribution in [1.29, 1.82) is 0 Å². The Labute approximate surface area is 230 Å². The molecule has 0 saturated carbocycles. The molecule has 0 amide bonds. The molecule has 2 aliphatic heterocycles. The molecule has 5 rings (SSSR count). The number of ether oxygens (including phenoxy) is 4. The van der Waals surface area contributed by atoms with E-state index in [1.165, 1.54) is 13.0 Å². The highest BCUT2D eigenvalue weighted by molar-refractivity contribution is 5.88. The molecule has 0 aliphatic carbocycles. The molecule has 0 bridgehead atoms. The number of benzene rings is 2. The fourth-order valence-electron chi connectivity index (χ4n) is 4.53. The highest BCUT2D eigenvalue weighted by Crippen LogP contribution is 2.40. The maximum absolute atomic E-state index is 13.7. The van der Waals surface area contributed by atoms with Gasteiger partial charge < -0.3 is 69.3 Å². The van der Waals surface area contributed by atoms with E-state index in [4.69, 9.17) is 23.4 Å². The highest BCUT2D eigenvalue weighted by Gasteiger charge is 2.44. The number of phenolic OH excluding ortho intramolecular Hbond substituents is 3. The van der Waals surface area contributed by atoms with Gasteiger partial charge in [-0.15, -0.1) is 0 Å². The average Bonchev–Trinajstić information content (AvgIpc) is 2.93. The molecule has 0 radical (unpaired) electrons. The zero-order valence-electron chi connectivity index (χ0n) is 21.3. The van der Waals surface area contributed by atoms with Crippen LogP contribution in [0.25, 0.3) is 22.3 Å². The molecule has 3 heterocycles. The number of rotatable bonds is 5. The van der Waals surface area contributed by atoms with Crippen LogP contribution in [0.3, 0.4) is 0 Å². The van der Waals surface area contributed by atoms with Gasteiger partial charge in [0.05, 0.1) is 12.7 Å². The molecule has 2 saturated heterocycles. The average molecular weight is 580 g/mol. The quantitative estimate of drug-likeness (QED) is 0.157. The fraction of sp³-hybridized carbons (Fsp3) is 0.423. The van der Waals surface area contributed by atoms with Crippen LogP contribution in [0.1, 0.15) is 6.92 Å². The lowest BCUT2D eigenvalue weighted by Crippen LogP contribution is -2.58. The summed E-state index contributed by atoms with van der Waals surface area (Å²) in [5.41, 5.74) is -1.25. The minimum atomic E-state index is -1.81. The molecule has 9 atom stereocenters. The number of hydrogen-bond donors (Lipinski definition) is 9. The van der Waals surface area contributed by atoms with E-state index in [0.717, 1.165) is 24.3 Å². The maximum Gasteiger partial charge on any atom is 0.239 e. The molecule has 0 unspecified atom stereocenters. The van der Waals surface area contributed by atoms with E-state index in [9.17, 15) is 50.8 Å². The lowest BCUT2D eigenvalue weighted by Gasteiger charge is -2.38. The summed E-state index contributed by atoms with van der Waals surface area (Å²) in [5.74, 6) is -2.88. The van der Waals surface area contributed by atoms with Crippen LogP contribution < -0.4 is 14.9 Å². The molecule has 222 valence electrons. The lowest BCUT2D eigenvalue weighted by atomic mass is 10.00. The second kappa shape index (κ2) is 11.0. The monoisotopic (exact) mass is 580 g/mol. The first-order valence-corrected chi connectivity index (χ1v) is 12.4. The standard InChI is InChI=1S/C26H28O15/c1-8-17(31)20(34)22(36)26(38-8)41-24-19(33)16-13(29)5-10(39-25-21(35)18(32)14(30)7-37-25)6-15(16)40-23(24)9-2-3-11(27)12(28)4-9/h2-6,8,14,17-18,20-22,25-32,34-36H,7H2,1H3/t8-,14+,17-,18+,20+,21-,22+,25+,26+/m0/s1. The van der Waals surface area contributed by atoms with Crippen molar-refractivity contribution in [2.45, 2.75) is 62.2 Å². The van der Waals surface area contributed by atoms with Crippen molar-refractivity contribution in [2.75, 3.05) is 6.61 Å². The van der Waals surface area contributed by atoms with Gasteiger partial charge in [-0.05, 0) is 25.1 Å². The van der Waals surface area contributed by atoms with Crippen LogP contribution in [0.4, 0.5) is 0 Å². The molecule has 15 nitrogen and oxygen atoms in total. The zero-order chi connectivity index (χ0) is 29.7. The Morgan fingerprint density at radius 3 is 2.20 bits per heavy atom. The third kappa shape index (κ3) is 5.25. The summed E-state index contributed by atoms with van der Waals surface area (Å²) in [5, 5.41) is 90.5. The summed E-state index contributed by atoms with van der Waals surface area (Å²) in [7, 11) is 0. The molecule has 2 aromatic carbocycles.